The maximum absolute atomic E-state index is 3.51. The lowest BCUT2D eigenvalue weighted by molar-refractivity contribution is 0.239. The lowest BCUT2D eigenvalue weighted by atomic mass is 10.0. The number of nitrogens with zero attached hydrogens (tertiary/aromatic N) is 1. The van der Waals surface area contributed by atoms with E-state index in [4.69, 9.17) is 0 Å². The molecule has 2 heterocycles. The third kappa shape index (κ3) is 2.63. The zero-order valence-corrected chi connectivity index (χ0v) is 12.5. The van der Waals surface area contributed by atoms with Crippen molar-refractivity contribution in [2.24, 2.45) is 11.8 Å². The van der Waals surface area contributed by atoms with Crippen LogP contribution in [0.15, 0.2) is 28.7 Å². The molecule has 0 bridgehead atoms. The number of hydrogen-bond donors (Lipinski definition) is 1. The Morgan fingerprint density at radius 2 is 1.83 bits per heavy atom. The molecular weight excluding hydrogens is 288 g/mol. The molecule has 1 aromatic rings. The molecule has 1 N–H and O–H groups in total. The Balaban J connectivity index is 1.58. The Morgan fingerprint density at radius 1 is 1.22 bits per heavy atom. The van der Waals surface area contributed by atoms with Crippen molar-refractivity contribution < 1.29 is 0 Å². The molecule has 2 aliphatic rings. The molecular formula is C15H21BrN2. The van der Waals surface area contributed by atoms with Gasteiger partial charge in [0.05, 0.1) is 0 Å². The average molecular weight is 309 g/mol. The van der Waals surface area contributed by atoms with Crippen molar-refractivity contribution in [1.82, 2.24) is 10.2 Å². The van der Waals surface area contributed by atoms with Gasteiger partial charge in [0.1, 0.15) is 0 Å². The van der Waals surface area contributed by atoms with Gasteiger partial charge in [0.25, 0.3) is 0 Å². The monoisotopic (exact) mass is 308 g/mol. The van der Waals surface area contributed by atoms with E-state index in [9.17, 15) is 0 Å². The summed E-state index contributed by atoms with van der Waals surface area (Å²) in [5.41, 5.74) is 1.45. The van der Waals surface area contributed by atoms with Crippen LogP contribution in [-0.2, 0) is 6.42 Å². The number of rotatable bonds is 3. The van der Waals surface area contributed by atoms with Crippen molar-refractivity contribution in [3.8, 4) is 0 Å². The molecule has 1 aromatic carbocycles. The van der Waals surface area contributed by atoms with Crippen LogP contribution in [0.1, 0.15) is 12.5 Å². The third-order valence-corrected chi connectivity index (χ3v) is 5.01. The van der Waals surface area contributed by atoms with E-state index in [0.29, 0.717) is 6.04 Å². The van der Waals surface area contributed by atoms with E-state index in [0.717, 1.165) is 11.8 Å². The van der Waals surface area contributed by atoms with Gasteiger partial charge in [0.2, 0.25) is 0 Å². The molecule has 3 heteroatoms. The molecule has 2 nitrogen and oxygen atoms in total. The molecule has 3 rings (SSSR count). The van der Waals surface area contributed by atoms with E-state index >= 15 is 0 Å². The maximum Gasteiger partial charge on any atom is 0.0175 e. The Labute approximate surface area is 118 Å². The number of fused-ring (bicyclic) bond motifs is 1. The molecule has 98 valence electrons. The molecule has 0 aromatic heterocycles. The molecule has 18 heavy (non-hydrogen) atoms. The van der Waals surface area contributed by atoms with E-state index in [1.807, 2.05) is 0 Å². The summed E-state index contributed by atoms with van der Waals surface area (Å²) in [6.45, 7) is 7.40. The third-order valence-electron chi connectivity index (χ3n) is 4.49. The topological polar surface area (TPSA) is 15.3 Å². The highest BCUT2D eigenvalue weighted by Gasteiger charge is 2.37. The van der Waals surface area contributed by atoms with E-state index < -0.39 is 0 Å². The second kappa shape index (κ2) is 5.32. The fourth-order valence-corrected chi connectivity index (χ4v) is 3.61. The van der Waals surface area contributed by atoms with Crippen molar-refractivity contribution in [2.45, 2.75) is 19.4 Å². The first-order valence-electron chi connectivity index (χ1n) is 6.91. The fourth-order valence-electron chi connectivity index (χ4n) is 3.34. The van der Waals surface area contributed by atoms with Crippen LogP contribution in [-0.4, -0.2) is 37.1 Å². The summed E-state index contributed by atoms with van der Waals surface area (Å²) >= 11 is 3.49. The largest absolute Gasteiger partial charge is 0.316 e. The first-order chi connectivity index (χ1) is 8.72. The highest BCUT2D eigenvalue weighted by molar-refractivity contribution is 9.10. The Hall–Kier alpha value is -0.380. The molecule has 0 saturated carbocycles. The van der Waals surface area contributed by atoms with Crippen LogP contribution in [0.3, 0.4) is 0 Å². The molecule has 0 radical (unpaired) electrons. The summed E-state index contributed by atoms with van der Waals surface area (Å²) in [5.74, 6) is 1.80. The fraction of sp³-hybridized carbons (Fsp3) is 0.600. The smallest absolute Gasteiger partial charge is 0.0175 e. The number of nitrogens with one attached hydrogen (secondary N) is 1. The second-order valence-corrected chi connectivity index (χ2v) is 6.73. The quantitative estimate of drug-likeness (QED) is 0.923. The minimum atomic E-state index is 0.664. The van der Waals surface area contributed by atoms with Gasteiger partial charge in [-0.3, -0.25) is 4.90 Å². The molecule has 2 fully saturated rings. The van der Waals surface area contributed by atoms with Crippen LogP contribution in [0.4, 0.5) is 0 Å². The van der Waals surface area contributed by atoms with Gasteiger partial charge in [-0.1, -0.05) is 28.1 Å². The standard InChI is InChI=1S/C15H21BrN2/c1-11(6-12-2-4-15(16)5-3-12)18-9-13-7-17-8-14(13)10-18/h2-5,11,13-14,17H,6-10H2,1H3/t11?,13-,14+. The van der Waals surface area contributed by atoms with Crippen LogP contribution in [0.2, 0.25) is 0 Å². The van der Waals surface area contributed by atoms with Crippen LogP contribution < -0.4 is 5.32 Å². The number of benzene rings is 1. The Bertz CT molecular complexity index is 391. The lowest BCUT2D eigenvalue weighted by Crippen LogP contribution is -2.35. The van der Waals surface area contributed by atoms with Crippen molar-refractivity contribution in [3.05, 3.63) is 34.3 Å². The highest BCUT2D eigenvalue weighted by Crippen LogP contribution is 2.28. The van der Waals surface area contributed by atoms with Gasteiger partial charge in [-0.15, -0.1) is 0 Å². The summed E-state index contributed by atoms with van der Waals surface area (Å²) in [6, 6.07) is 9.42. The maximum atomic E-state index is 3.51. The minimum absolute atomic E-state index is 0.664. The molecule has 2 saturated heterocycles. The first-order valence-corrected chi connectivity index (χ1v) is 7.71. The molecule has 0 amide bonds. The first kappa shape index (κ1) is 12.6. The molecule has 2 aliphatic heterocycles. The minimum Gasteiger partial charge on any atom is -0.316 e. The molecule has 0 spiro atoms. The van der Waals surface area contributed by atoms with E-state index in [-0.39, 0.29) is 0 Å². The Kier molecular flexibility index (Phi) is 3.73. The SMILES string of the molecule is CC(Cc1ccc(Br)cc1)N1C[C@H]2CNC[C@H]2C1. The van der Waals surface area contributed by atoms with Crippen molar-refractivity contribution >= 4 is 15.9 Å². The van der Waals surface area contributed by atoms with Gasteiger partial charge in [0.15, 0.2) is 0 Å². The van der Waals surface area contributed by atoms with Gasteiger partial charge < -0.3 is 5.32 Å². The van der Waals surface area contributed by atoms with Crippen molar-refractivity contribution in [3.63, 3.8) is 0 Å². The number of halogens is 1. The van der Waals surface area contributed by atoms with E-state index in [2.05, 4.69) is 57.3 Å². The van der Waals surface area contributed by atoms with Crippen molar-refractivity contribution in [2.75, 3.05) is 26.2 Å². The van der Waals surface area contributed by atoms with Gasteiger partial charge in [-0.25, -0.2) is 0 Å². The molecule has 3 atom stereocenters. The lowest BCUT2D eigenvalue weighted by Gasteiger charge is -2.25. The molecule has 1 unspecified atom stereocenters. The summed E-state index contributed by atoms with van der Waals surface area (Å²) in [5, 5.41) is 3.51. The normalized spacial score (nSPS) is 29.4. The molecule has 0 aliphatic carbocycles. The van der Waals surface area contributed by atoms with E-state index in [1.165, 1.54) is 42.6 Å². The summed E-state index contributed by atoms with van der Waals surface area (Å²) < 4.78 is 1.17. The Morgan fingerprint density at radius 3 is 2.44 bits per heavy atom. The van der Waals surface area contributed by atoms with Crippen LogP contribution in [0.25, 0.3) is 0 Å². The zero-order chi connectivity index (χ0) is 12.5. The average Bonchev–Trinajstić information content (AvgIpc) is 2.92. The summed E-state index contributed by atoms with van der Waals surface area (Å²) in [7, 11) is 0. The van der Waals surface area contributed by atoms with E-state index in [1.54, 1.807) is 0 Å². The number of likely N-dealkylation sites (tertiary alicyclic amines) is 1. The van der Waals surface area contributed by atoms with Crippen molar-refractivity contribution in [1.29, 1.82) is 0 Å². The van der Waals surface area contributed by atoms with Crippen LogP contribution >= 0.6 is 15.9 Å². The predicted octanol–water partition coefficient (Wildman–Crippen LogP) is 2.53. The second-order valence-electron chi connectivity index (χ2n) is 5.81. The highest BCUT2D eigenvalue weighted by atomic mass is 79.9. The number of hydrogen-bond acceptors (Lipinski definition) is 2. The van der Waals surface area contributed by atoms with Gasteiger partial charge in [-0.2, -0.15) is 0 Å². The van der Waals surface area contributed by atoms with Gasteiger partial charge in [-0.05, 0) is 56.0 Å². The summed E-state index contributed by atoms with van der Waals surface area (Å²) in [6.07, 6.45) is 1.17. The van der Waals surface area contributed by atoms with Crippen LogP contribution in [0.5, 0.6) is 0 Å². The van der Waals surface area contributed by atoms with Gasteiger partial charge >= 0.3 is 0 Å². The van der Waals surface area contributed by atoms with Crippen LogP contribution in [0, 0.1) is 11.8 Å². The van der Waals surface area contributed by atoms with Gasteiger partial charge in [0, 0.05) is 23.6 Å². The zero-order valence-electron chi connectivity index (χ0n) is 10.9. The predicted molar refractivity (Wildman–Crippen MR) is 78.7 cm³/mol. The summed E-state index contributed by atoms with van der Waals surface area (Å²) in [4.78, 5) is 2.68.